The topological polar surface area (TPSA) is 270 Å². The number of carboxylic acid groups (broad SMARTS) is 1. The zero-order valence-electron chi connectivity index (χ0n) is 20.4. The summed E-state index contributed by atoms with van der Waals surface area (Å²) in [5.74, 6) is -3.22. The summed E-state index contributed by atoms with van der Waals surface area (Å²) in [6.07, 6.45) is 4.74. The van der Waals surface area contributed by atoms with Crippen LogP contribution < -0.4 is 38.9 Å². The number of aliphatic imine (C=N–C) groups is 1. The van der Waals surface area contributed by atoms with Gasteiger partial charge in [-0.3, -0.25) is 19.4 Å². The Morgan fingerprint density at radius 1 is 1.00 bits per heavy atom. The third-order valence-corrected chi connectivity index (χ3v) is 5.17. The molecule has 1 rings (SSSR count). The van der Waals surface area contributed by atoms with Crippen LogP contribution in [0.2, 0.25) is 0 Å². The van der Waals surface area contributed by atoms with Crippen molar-refractivity contribution in [1.29, 1.82) is 0 Å². The number of carbonyl (C=O) groups excluding carboxylic acids is 3. The maximum absolute atomic E-state index is 13.1. The van der Waals surface area contributed by atoms with Crippen molar-refractivity contribution >= 4 is 29.7 Å². The highest BCUT2D eigenvalue weighted by Gasteiger charge is 2.30. The Balaban J connectivity index is 2.99. The van der Waals surface area contributed by atoms with Gasteiger partial charge in [0.1, 0.15) is 18.1 Å². The molecular formula is C21H38N10O5. The molecule has 4 atom stereocenters. The van der Waals surface area contributed by atoms with Gasteiger partial charge in [-0.05, 0) is 45.6 Å². The van der Waals surface area contributed by atoms with E-state index in [1.807, 2.05) is 0 Å². The average Bonchev–Trinajstić information content (AvgIpc) is 3.32. The molecule has 0 radical (unpaired) electrons. The van der Waals surface area contributed by atoms with Crippen molar-refractivity contribution in [2.24, 2.45) is 27.9 Å². The number of aromatic amines is 1. The van der Waals surface area contributed by atoms with Crippen LogP contribution in [0.25, 0.3) is 0 Å². The van der Waals surface area contributed by atoms with Crippen LogP contribution >= 0.6 is 0 Å². The fourth-order valence-corrected chi connectivity index (χ4v) is 3.20. The SMILES string of the molecule is CC(N)C(=O)NC(CCCCN)C(=O)NC(Cc1cnc[nH]1)C(=O)NC(CCCN=C(N)N)C(=O)O. The number of rotatable bonds is 17. The Morgan fingerprint density at radius 2 is 1.61 bits per heavy atom. The van der Waals surface area contributed by atoms with E-state index in [2.05, 4.69) is 30.9 Å². The van der Waals surface area contributed by atoms with Crippen molar-refractivity contribution in [3.8, 4) is 0 Å². The zero-order valence-corrected chi connectivity index (χ0v) is 20.4. The quantitative estimate of drug-likeness (QED) is 0.0582. The summed E-state index contributed by atoms with van der Waals surface area (Å²) in [5.41, 5.74) is 22.2. The van der Waals surface area contributed by atoms with Crippen molar-refractivity contribution in [2.75, 3.05) is 13.1 Å². The minimum Gasteiger partial charge on any atom is -0.480 e. The van der Waals surface area contributed by atoms with E-state index in [0.717, 1.165) is 0 Å². The third kappa shape index (κ3) is 11.6. The number of nitrogens with one attached hydrogen (secondary N) is 4. The molecule has 0 aliphatic rings. The average molecular weight is 511 g/mol. The number of nitrogens with two attached hydrogens (primary N) is 4. The van der Waals surface area contributed by atoms with Gasteiger partial charge in [0.05, 0.1) is 12.4 Å². The first-order chi connectivity index (χ1) is 17.0. The van der Waals surface area contributed by atoms with Crippen LogP contribution in [0.4, 0.5) is 0 Å². The summed E-state index contributed by atoms with van der Waals surface area (Å²) in [7, 11) is 0. The molecule has 0 aliphatic heterocycles. The largest absolute Gasteiger partial charge is 0.480 e. The number of H-pyrrole nitrogens is 1. The lowest BCUT2D eigenvalue weighted by molar-refractivity contribution is -0.142. The first-order valence-electron chi connectivity index (χ1n) is 11.7. The number of imidazole rings is 1. The van der Waals surface area contributed by atoms with Gasteiger partial charge < -0.3 is 49.0 Å². The number of carbonyl (C=O) groups is 4. The second-order valence-electron chi connectivity index (χ2n) is 8.32. The number of guanidine groups is 1. The Morgan fingerprint density at radius 3 is 2.17 bits per heavy atom. The van der Waals surface area contributed by atoms with Crippen LogP contribution in [0.5, 0.6) is 0 Å². The van der Waals surface area contributed by atoms with Gasteiger partial charge in [0.25, 0.3) is 0 Å². The zero-order chi connectivity index (χ0) is 27.1. The second-order valence-corrected chi connectivity index (χ2v) is 8.32. The van der Waals surface area contributed by atoms with Gasteiger partial charge in [-0.25, -0.2) is 9.78 Å². The minimum atomic E-state index is -1.25. The number of aromatic nitrogens is 2. The minimum absolute atomic E-state index is 0.00860. The lowest BCUT2D eigenvalue weighted by Crippen LogP contribution is -2.57. The molecule has 1 aromatic rings. The molecule has 0 spiro atoms. The molecule has 0 saturated carbocycles. The van der Waals surface area contributed by atoms with Gasteiger partial charge >= 0.3 is 5.97 Å². The number of amides is 3. The summed E-state index contributed by atoms with van der Waals surface area (Å²) in [5, 5.41) is 17.2. The van der Waals surface area contributed by atoms with Gasteiger partial charge in [-0.15, -0.1) is 0 Å². The smallest absolute Gasteiger partial charge is 0.326 e. The maximum atomic E-state index is 13.1. The summed E-state index contributed by atoms with van der Waals surface area (Å²) in [4.78, 5) is 60.5. The van der Waals surface area contributed by atoms with Gasteiger partial charge in [0.15, 0.2) is 5.96 Å². The van der Waals surface area contributed by atoms with Crippen LogP contribution in [0.1, 0.15) is 44.7 Å². The first-order valence-corrected chi connectivity index (χ1v) is 11.7. The predicted molar refractivity (Wildman–Crippen MR) is 132 cm³/mol. The van der Waals surface area contributed by atoms with Gasteiger partial charge in [0.2, 0.25) is 17.7 Å². The number of aliphatic carboxylic acids is 1. The lowest BCUT2D eigenvalue weighted by atomic mass is 10.1. The van der Waals surface area contributed by atoms with E-state index >= 15 is 0 Å². The maximum Gasteiger partial charge on any atom is 0.326 e. The van der Waals surface area contributed by atoms with E-state index in [1.165, 1.54) is 19.4 Å². The molecule has 36 heavy (non-hydrogen) atoms. The molecule has 0 bridgehead atoms. The molecule has 13 N–H and O–H groups in total. The van der Waals surface area contributed by atoms with E-state index in [-0.39, 0.29) is 31.8 Å². The molecule has 1 aromatic heterocycles. The van der Waals surface area contributed by atoms with E-state index in [4.69, 9.17) is 22.9 Å². The van der Waals surface area contributed by atoms with Crippen molar-refractivity contribution in [3.63, 3.8) is 0 Å². The van der Waals surface area contributed by atoms with Gasteiger partial charge in [-0.2, -0.15) is 0 Å². The first kappa shape index (κ1) is 30.3. The van der Waals surface area contributed by atoms with Crippen molar-refractivity contribution in [2.45, 2.75) is 69.6 Å². The molecule has 4 unspecified atom stereocenters. The predicted octanol–water partition coefficient (Wildman–Crippen LogP) is -2.98. The van der Waals surface area contributed by atoms with Crippen molar-refractivity contribution in [3.05, 3.63) is 18.2 Å². The van der Waals surface area contributed by atoms with Crippen LogP contribution in [-0.4, -0.2) is 82.0 Å². The highest BCUT2D eigenvalue weighted by atomic mass is 16.4. The molecular weight excluding hydrogens is 472 g/mol. The molecule has 0 aromatic carbocycles. The highest BCUT2D eigenvalue weighted by Crippen LogP contribution is 2.06. The number of carboxylic acids is 1. The molecule has 15 nitrogen and oxygen atoms in total. The fourth-order valence-electron chi connectivity index (χ4n) is 3.20. The Hall–Kier alpha value is -3.72. The van der Waals surface area contributed by atoms with E-state index < -0.39 is 47.9 Å². The standard InChI is InChI=1S/C21H38N10O5/c1-12(23)17(32)29-14(5-2-3-7-22)18(33)31-16(9-13-10-26-11-28-13)19(34)30-15(20(35)36)6-4-8-27-21(24)25/h10-12,14-16H,2-9,22-23H2,1H3,(H,26,28)(H,29,32)(H,30,34)(H,31,33)(H,35,36)(H4,24,25,27). The molecule has 202 valence electrons. The van der Waals surface area contributed by atoms with Crippen LogP contribution in [0.3, 0.4) is 0 Å². The molecule has 0 fully saturated rings. The normalized spacial score (nSPS) is 14.1. The Bertz CT molecular complexity index is 870. The lowest BCUT2D eigenvalue weighted by Gasteiger charge is -2.25. The van der Waals surface area contributed by atoms with E-state index in [9.17, 15) is 24.3 Å². The van der Waals surface area contributed by atoms with Crippen LogP contribution in [0.15, 0.2) is 17.5 Å². The van der Waals surface area contributed by atoms with Crippen LogP contribution in [0, 0.1) is 0 Å². The third-order valence-electron chi connectivity index (χ3n) is 5.17. The summed E-state index contributed by atoms with van der Waals surface area (Å²) in [6.45, 7) is 2.10. The number of hydrogen-bond donors (Lipinski definition) is 9. The number of hydrogen-bond acceptors (Lipinski definition) is 8. The molecule has 3 amide bonds. The number of nitrogens with zero attached hydrogens (tertiary/aromatic N) is 2. The fraction of sp³-hybridized carbons (Fsp3) is 0.619. The van der Waals surface area contributed by atoms with Crippen LogP contribution in [-0.2, 0) is 25.6 Å². The van der Waals surface area contributed by atoms with Crippen molar-refractivity contribution < 1.29 is 24.3 Å². The Labute approximate surface area is 209 Å². The highest BCUT2D eigenvalue weighted by molar-refractivity contribution is 5.94. The summed E-state index contributed by atoms with van der Waals surface area (Å²) in [6, 6.07) is -4.18. The van der Waals surface area contributed by atoms with Crippen molar-refractivity contribution in [1.82, 2.24) is 25.9 Å². The summed E-state index contributed by atoms with van der Waals surface area (Å²) < 4.78 is 0. The molecule has 1 heterocycles. The number of unbranched alkanes of at least 4 members (excludes halogenated alkanes) is 1. The molecule has 0 aliphatic carbocycles. The van der Waals surface area contributed by atoms with E-state index in [1.54, 1.807) is 0 Å². The monoisotopic (exact) mass is 510 g/mol. The van der Waals surface area contributed by atoms with E-state index in [0.29, 0.717) is 31.5 Å². The molecule has 15 heteroatoms. The van der Waals surface area contributed by atoms with Gasteiger partial charge in [0, 0.05) is 24.9 Å². The summed E-state index contributed by atoms with van der Waals surface area (Å²) >= 11 is 0. The Kier molecular flexibility index (Phi) is 13.5. The molecule has 0 saturated heterocycles. The van der Waals surface area contributed by atoms with Gasteiger partial charge in [-0.1, -0.05) is 0 Å². The second kappa shape index (κ2) is 16.0.